The Hall–Kier alpha value is -2.23. The Morgan fingerprint density at radius 1 is 1.10 bits per heavy atom. The van der Waals surface area contributed by atoms with Crippen LogP contribution in [0.15, 0.2) is 49.0 Å². The molecule has 0 spiro atoms. The van der Waals surface area contributed by atoms with Gasteiger partial charge in [-0.2, -0.15) is 13.2 Å². The molecule has 0 radical (unpaired) electrons. The molecule has 0 aromatic heterocycles. The molecule has 2 rings (SSSR count). The number of rotatable bonds is 3. The maximum atomic E-state index is 12.8. The molecule has 2 aromatic carbocycles. The molecule has 0 unspecified atom stereocenters. The van der Waals surface area contributed by atoms with Gasteiger partial charge in [-0.1, -0.05) is 30.9 Å². The Morgan fingerprint density at radius 3 is 2.45 bits per heavy atom. The van der Waals surface area contributed by atoms with Gasteiger partial charge in [0.2, 0.25) is 0 Å². The zero-order valence-electron chi connectivity index (χ0n) is 10.9. The van der Waals surface area contributed by atoms with Gasteiger partial charge in [0.15, 0.2) is 0 Å². The van der Waals surface area contributed by atoms with E-state index in [1.165, 1.54) is 13.2 Å². The molecule has 2 aromatic rings. The molecular formula is C16H13F3O. The highest BCUT2D eigenvalue weighted by atomic mass is 19.4. The number of benzene rings is 2. The lowest BCUT2D eigenvalue weighted by atomic mass is 10.00. The number of halogens is 3. The zero-order chi connectivity index (χ0) is 14.8. The van der Waals surface area contributed by atoms with E-state index >= 15 is 0 Å². The smallest absolute Gasteiger partial charge is 0.416 e. The first kappa shape index (κ1) is 14.2. The highest BCUT2D eigenvalue weighted by Crippen LogP contribution is 2.35. The fraction of sp³-hybridized carbons (Fsp3) is 0.125. The van der Waals surface area contributed by atoms with Crippen molar-refractivity contribution >= 4 is 6.08 Å². The van der Waals surface area contributed by atoms with Crippen LogP contribution in [0.5, 0.6) is 5.75 Å². The van der Waals surface area contributed by atoms with E-state index in [0.717, 1.165) is 17.7 Å². The van der Waals surface area contributed by atoms with Crippen LogP contribution in [0.25, 0.3) is 17.2 Å². The van der Waals surface area contributed by atoms with Crippen molar-refractivity contribution in [2.75, 3.05) is 7.11 Å². The first-order valence-electron chi connectivity index (χ1n) is 5.94. The van der Waals surface area contributed by atoms with Crippen LogP contribution in [-0.4, -0.2) is 7.11 Å². The minimum Gasteiger partial charge on any atom is -0.496 e. The van der Waals surface area contributed by atoms with Gasteiger partial charge in [-0.05, 0) is 35.4 Å². The second-order valence-electron chi connectivity index (χ2n) is 4.24. The number of ether oxygens (including phenoxy) is 1. The van der Waals surface area contributed by atoms with Gasteiger partial charge in [-0.25, -0.2) is 0 Å². The molecular weight excluding hydrogens is 265 g/mol. The van der Waals surface area contributed by atoms with Crippen molar-refractivity contribution in [3.63, 3.8) is 0 Å². The lowest BCUT2D eigenvalue weighted by molar-refractivity contribution is -0.137. The summed E-state index contributed by atoms with van der Waals surface area (Å²) in [4.78, 5) is 0. The van der Waals surface area contributed by atoms with E-state index < -0.39 is 11.7 Å². The van der Waals surface area contributed by atoms with E-state index in [9.17, 15) is 13.2 Å². The van der Waals surface area contributed by atoms with Crippen molar-refractivity contribution in [1.29, 1.82) is 0 Å². The van der Waals surface area contributed by atoms with E-state index in [4.69, 9.17) is 4.74 Å². The molecule has 4 heteroatoms. The summed E-state index contributed by atoms with van der Waals surface area (Å²) in [6.45, 7) is 3.66. The van der Waals surface area contributed by atoms with E-state index in [0.29, 0.717) is 16.9 Å². The van der Waals surface area contributed by atoms with Crippen molar-refractivity contribution in [2.24, 2.45) is 0 Å². The largest absolute Gasteiger partial charge is 0.496 e. The zero-order valence-corrected chi connectivity index (χ0v) is 10.9. The second-order valence-corrected chi connectivity index (χ2v) is 4.24. The third-order valence-electron chi connectivity index (χ3n) is 2.96. The predicted molar refractivity (Wildman–Crippen MR) is 73.5 cm³/mol. The summed E-state index contributed by atoms with van der Waals surface area (Å²) in [5.41, 5.74) is 1.20. The lowest BCUT2D eigenvalue weighted by Gasteiger charge is -2.12. The molecule has 0 saturated carbocycles. The molecule has 0 heterocycles. The summed E-state index contributed by atoms with van der Waals surface area (Å²) >= 11 is 0. The molecule has 0 amide bonds. The summed E-state index contributed by atoms with van der Waals surface area (Å²) in [6, 6.07) is 10.4. The van der Waals surface area contributed by atoms with Gasteiger partial charge in [0, 0.05) is 5.56 Å². The van der Waals surface area contributed by atoms with Crippen LogP contribution in [0.3, 0.4) is 0 Å². The summed E-state index contributed by atoms with van der Waals surface area (Å²) in [5, 5.41) is 0. The normalized spacial score (nSPS) is 11.2. The molecule has 20 heavy (non-hydrogen) atoms. The highest BCUT2D eigenvalue weighted by molar-refractivity contribution is 5.74. The van der Waals surface area contributed by atoms with Gasteiger partial charge in [0.25, 0.3) is 0 Å². The maximum absolute atomic E-state index is 12.8. The molecule has 104 valence electrons. The van der Waals surface area contributed by atoms with Gasteiger partial charge in [-0.3, -0.25) is 0 Å². The lowest BCUT2D eigenvalue weighted by Crippen LogP contribution is -2.04. The van der Waals surface area contributed by atoms with Crippen LogP contribution < -0.4 is 4.74 Å². The predicted octanol–water partition coefficient (Wildman–Crippen LogP) is 5.02. The Morgan fingerprint density at radius 2 is 1.85 bits per heavy atom. The second kappa shape index (κ2) is 5.41. The summed E-state index contributed by atoms with van der Waals surface area (Å²) in [6.07, 6.45) is -2.73. The minimum absolute atomic E-state index is 0.459. The molecule has 1 nitrogen and oxygen atoms in total. The first-order valence-corrected chi connectivity index (χ1v) is 5.94. The van der Waals surface area contributed by atoms with E-state index in [1.54, 1.807) is 30.3 Å². The van der Waals surface area contributed by atoms with Gasteiger partial charge in [-0.15, -0.1) is 0 Å². The van der Waals surface area contributed by atoms with Crippen LogP contribution in [0.2, 0.25) is 0 Å². The highest BCUT2D eigenvalue weighted by Gasteiger charge is 2.30. The topological polar surface area (TPSA) is 9.23 Å². The van der Waals surface area contributed by atoms with Crippen molar-refractivity contribution in [3.8, 4) is 16.9 Å². The molecule has 0 aliphatic carbocycles. The molecule has 0 aliphatic rings. The fourth-order valence-corrected chi connectivity index (χ4v) is 1.94. The van der Waals surface area contributed by atoms with Crippen LogP contribution in [0.4, 0.5) is 13.2 Å². The molecule has 0 aliphatic heterocycles. The minimum atomic E-state index is -4.36. The Labute approximate surface area is 115 Å². The summed E-state index contributed by atoms with van der Waals surface area (Å²) in [7, 11) is 1.49. The third-order valence-corrected chi connectivity index (χ3v) is 2.96. The van der Waals surface area contributed by atoms with Crippen LogP contribution in [0, 0.1) is 0 Å². The number of hydrogen-bond acceptors (Lipinski definition) is 1. The molecule has 0 saturated heterocycles. The quantitative estimate of drug-likeness (QED) is 0.765. The SMILES string of the molecule is C=Cc1ccc(OC)c(-c2cccc(C(F)(F)F)c2)c1. The van der Waals surface area contributed by atoms with Gasteiger partial charge in [0.1, 0.15) is 5.75 Å². The van der Waals surface area contributed by atoms with Gasteiger partial charge >= 0.3 is 6.18 Å². The summed E-state index contributed by atoms with van der Waals surface area (Å²) < 4.78 is 43.5. The number of alkyl halides is 3. The molecule has 0 bridgehead atoms. The van der Waals surface area contributed by atoms with Crippen molar-refractivity contribution in [2.45, 2.75) is 6.18 Å². The molecule has 0 N–H and O–H groups in total. The average Bonchev–Trinajstić information content (AvgIpc) is 2.45. The van der Waals surface area contributed by atoms with Gasteiger partial charge in [0.05, 0.1) is 12.7 Å². The fourth-order valence-electron chi connectivity index (χ4n) is 1.94. The third kappa shape index (κ3) is 2.85. The maximum Gasteiger partial charge on any atom is 0.416 e. The monoisotopic (exact) mass is 278 g/mol. The Balaban J connectivity index is 2.58. The van der Waals surface area contributed by atoms with E-state index in [-0.39, 0.29) is 0 Å². The van der Waals surface area contributed by atoms with Gasteiger partial charge < -0.3 is 4.74 Å². The van der Waals surface area contributed by atoms with Crippen molar-refractivity contribution in [3.05, 3.63) is 60.2 Å². The number of methoxy groups -OCH3 is 1. The van der Waals surface area contributed by atoms with Crippen molar-refractivity contribution < 1.29 is 17.9 Å². The average molecular weight is 278 g/mol. The van der Waals surface area contributed by atoms with E-state index in [1.807, 2.05) is 0 Å². The van der Waals surface area contributed by atoms with Crippen molar-refractivity contribution in [1.82, 2.24) is 0 Å². The Kier molecular flexibility index (Phi) is 3.84. The Bertz CT molecular complexity index is 630. The first-order chi connectivity index (χ1) is 9.45. The molecule has 0 fully saturated rings. The summed E-state index contributed by atoms with van der Waals surface area (Å²) in [5.74, 6) is 0.523. The van der Waals surface area contributed by atoms with Crippen LogP contribution >= 0.6 is 0 Å². The number of hydrogen-bond donors (Lipinski definition) is 0. The molecule has 0 atom stereocenters. The van der Waals surface area contributed by atoms with Crippen LogP contribution in [0.1, 0.15) is 11.1 Å². The van der Waals surface area contributed by atoms with Crippen LogP contribution in [-0.2, 0) is 6.18 Å². The standard InChI is InChI=1S/C16H13F3O/c1-3-11-7-8-15(20-2)14(9-11)12-5-4-6-13(10-12)16(17,18)19/h3-10H,1H2,2H3. The van der Waals surface area contributed by atoms with E-state index in [2.05, 4.69) is 6.58 Å².